The van der Waals surface area contributed by atoms with Gasteiger partial charge < -0.3 is 4.74 Å². The predicted molar refractivity (Wildman–Crippen MR) is 71.4 cm³/mol. The first-order valence-corrected chi connectivity index (χ1v) is 7.11. The molecule has 0 atom stereocenters. The van der Waals surface area contributed by atoms with Gasteiger partial charge in [0.2, 0.25) is 0 Å². The van der Waals surface area contributed by atoms with Crippen LogP contribution in [0.2, 0.25) is 0 Å². The third kappa shape index (κ3) is 2.60. The second-order valence-electron chi connectivity index (χ2n) is 4.80. The fourth-order valence-electron chi connectivity index (χ4n) is 2.13. The molecular weight excluding hydrogens is 264 g/mol. The third-order valence-electron chi connectivity index (χ3n) is 3.41. The van der Waals surface area contributed by atoms with Crippen molar-refractivity contribution in [1.82, 2.24) is 0 Å². The van der Waals surface area contributed by atoms with E-state index in [2.05, 4.69) is 41.9 Å². The molecule has 0 unspecified atom stereocenters. The van der Waals surface area contributed by atoms with Crippen LogP contribution < -0.4 is 4.74 Å². The van der Waals surface area contributed by atoms with Crippen molar-refractivity contribution in [3.8, 4) is 5.75 Å². The van der Waals surface area contributed by atoms with Crippen LogP contribution in [0.25, 0.3) is 0 Å². The van der Waals surface area contributed by atoms with Crippen LogP contribution in [-0.2, 0) is 5.33 Å². The van der Waals surface area contributed by atoms with Crippen molar-refractivity contribution in [2.24, 2.45) is 5.92 Å². The largest absolute Gasteiger partial charge is 0.493 e. The zero-order valence-electron chi connectivity index (χ0n) is 10.1. The van der Waals surface area contributed by atoms with E-state index in [1.165, 1.54) is 36.0 Å². The van der Waals surface area contributed by atoms with E-state index in [1.807, 2.05) is 0 Å². The predicted octanol–water partition coefficient (Wildman–Crippen LogP) is 4.38. The number of alkyl halides is 1. The molecule has 0 spiro atoms. The molecule has 1 aliphatic carbocycles. The maximum atomic E-state index is 5.96. The van der Waals surface area contributed by atoms with Crippen molar-refractivity contribution in [3.05, 3.63) is 28.8 Å². The minimum atomic E-state index is 0.795. The van der Waals surface area contributed by atoms with Crippen LogP contribution in [0.5, 0.6) is 5.75 Å². The summed E-state index contributed by atoms with van der Waals surface area (Å²) < 4.78 is 5.96. The van der Waals surface area contributed by atoms with Crippen molar-refractivity contribution < 1.29 is 4.74 Å². The zero-order chi connectivity index (χ0) is 11.5. The molecule has 0 amide bonds. The lowest BCUT2D eigenvalue weighted by Crippen LogP contribution is -2.19. The molecule has 1 aromatic carbocycles. The molecule has 1 saturated carbocycles. The summed E-state index contributed by atoms with van der Waals surface area (Å²) in [4.78, 5) is 0. The molecular formula is C14H19BrO. The van der Waals surface area contributed by atoms with Crippen LogP contribution in [0.3, 0.4) is 0 Å². The number of aryl methyl sites for hydroxylation is 2. The first-order valence-electron chi connectivity index (χ1n) is 5.99. The summed E-state index contributed by atoms with van der Waals surface area (Å²) in [6.07, 6.45) is 4.06. The van der Waals surface area contributed by atoms with Gasteiger partial charge in [-0.25, -0.2) is 0 Å². The number of hydrogen-bond donors (Lipinski definition) is 0. The van der Waals surface area contributed by atoms with Gasteiger partial charge in [0.25, 0.3) is 0 Å². The van der Waals surface area contributed by atoms with Gasteiger partial charge in [-0.3, -0.25) is 0 Å². The lowest BCUT2D eigenvalue weighted by Gasteiger charge is -2.26. The van der Waals surface area contributed by atoms with E-state index in [0.717, 1.165) is 23.6 Å². The van der Waals surface area contributed by atoms with Gasteiger partial charge in [-0.1, -0.05) is 28.4 Å². The lowest BCUT2D eigenvalue weighted by molar-refractivity contribution is 0.179. The smallest absolute Gasteiger partial charge is 0.123 e. The average Bonchev–Trinajstić information content (AvgIpc) is 2.14. The quantitative estimate of drug-likeness (QED) is 0.745. The third-order valence-corrected chi connectivity index (χ3v) is 3.97. The van der Waals surface area contributed by atoms with E-state index in [4.69, 9.17) is 4.74 Å². The van der Waals surface area contributed by atoms with Gasteiger partial charge in [0.1, 0.15) is 5.75 Å². The number of rotatable bonds is 4. The Morgan fingerprint density at radius 2 is 2.06 bits per heavy atom. The van der Waals surface area contributed by atoms with Crippen LogP contribution in [0.1, 0.15) is 36.0 Å². The van der Waals surface area contributed by atoms with E-state index in [9.17, 15) is 0 Å². The van der Waals surface area contributed by atoms with E-state index in [0.29, 0.717) is 0 Å². The van der Waals surface area contributed by atoms with Gasteiger partial charge >= 0.3 is 0 Å². The summed E-state index contributed by atoms with van der Waals surface area (Å²) in [7, 11) is 0. The molecule has 88 valence electrons. The van der Waals surface area contributed by atoms with Crippen molar-refractivity contribution in [2.45, 2.75) is 38.4 Å². The molecule has 0 N–H and O–H groups in total. The maximum absolute atomic E-state index is 5.96. The summed E-state index contributed by atoms with van der Waals surface area (Å²) in [6.45, 7) is 5.17. The monoisotopic (exact) mass is 282 g/mol. The Bertz CT molecular complexity index is 369. The summed E-state index contributed by atoms with van der Waals surface area (Å²) in [5.41, 5.74) is 3.90. The van der Waals surface area contributed by atoms with Crippen LogP contribution in [0.4, 0.5) is 0 Å². The molecule has 1 fully saturated rings. The minimum absolute atomic E-state index is 0.795. The highest BCUT2D eigenvalue weighted by atomic mass is 79.9. The molecule has 0 saturated heterocycles. The summed E-state index contributed by atoms with van der Waals surface area (Å²) >= 11 is 3.54. The molecule has 0 aromatic heterocycles. The van der Waals surface area contributed by atoms with Gasteiger partial charge in [0.05, 0.1) is 6.61 Å². The van der Waals surface area contributed by atoms with Crippen molar-refractivity contribution in [2.75, 3.05) is 6.61 Å². The molecule has 0 aliphatic heterocycles. The Hall–Kier alpha value is -0.500. The van der Waals surface area contributed by atoms with E-state index < -0.39 is 0 Å². The van der Waals surface area contributed by atoms with Crippen LogP contribution >= 0.6 is 15.9 Å². The molecule has 0 bridgehead atoms. The summed E-state index contributed by atoms with van der Waals surface area (Å²) in [5, 5.41) is 0.874. The Kier molecular flexibility index (Phi) is 3.91. The van der Waals surface area contributed by atoms with Crippen LogP contribution in [0.15, 0.2) is 12.1 Å². The Morgan fingerprint density at radius 3 is 2.62 bits per heavy atom. The van der Waals surface area contributed by atoms with Crippen LogP contribution in [-0.4, -0.2) is 6.61 Å². The highest BCUT2D eigenvalue weighted by Crippen LogP contribution is 2.30. The normalized spacial score (nSPS) is 15.9. The maximum Gasteiger partial charge on any atom is 0.123 e. The Labute approximate surface area is 106 Å². The number of halogens is 1. The Morgan fingerprint density at radius 1 is 1.31 bits per heavy atom. The molecule has 16 heavy (non-hydrogen) atoms. The van der Waals surface area contributed by atoms with Crippen molar-refractivity contribution >= 4 is 15.9 Å². The molecule has 1 aliphatic rings. The van der Waals surface area contributed by atoms with Gasteiger partial charge in [-0.15, -0.1) is 0 Å². The Balaban J connectivity index is 2.10. The first-order chi connectivity index (χ1) is 7.70. The molecule has 0 radical (unpaired) electrons. The topological polar surface area (TPSA) is 9.23 Å². The van der Waals surface area contributed by atoms with Crippen LogP contribution in [0, 0.1) is 19.8 Å². The van der Waals surface area contributed by atoms with E-state index in [-0.39, 0.29) is 0 Å². The summed E-state index contributed by atoms with van der Waals surface area (Å²) in [5.74, 6) is 1.87. The minimum Gasteiger partial charge on any atom is -0.493 e. The highest BCUT2D eigenvalue weighted by Gasteiger charge is 2.18. The molecule has 0 heterocycles. The average molecular weight is 283 g/mol. The highest BCUT2D eigenvalue weighted by molar-refractivity contribution is 9.08. The van der Waals surface area contributed by atoms with Crippen molar-refractivity contribution in [1.29, 1.82) is 0 Å². The molecule has 1 nitrogen and oxygen atoms in total. The molecule has 2 rings (SSSR count). The molecule has 2 heteroatoms. The second kappa shape index (κ2) is 5.22. The zero-order valence-corrected chi connectivity index (χ0v) is 11.6. The fourth-order valence-corrected chi connectivity index (χ4v) is 2.84. The lowest BCUT2D eigenvalue weighted by atomic mass is 9.86. The molecule has 1 aromatic rings. The van der Waals surface area contributed by atoms with Gasteiger partial charge in [0, 0.05) is 10.9 Å². The first kappa shape index (κ1) is 12.0. The number of ether oxygens (including phenoxy) is 1. The SMILES string of the molecule is Cc1cc(C)c(CBr)c(OCC2CCC2)c1. The number of benzene rings is 1. The van der Waals surface area contributed by atoms with E-state index >= 15 is 0 Å². The second-order valence-corrected chi connectivity index (χ2v) is 5.36. The fraction of sp³-hybridized carbons (Fsp3) is 0.571. The standard InChI is InChI=1S/C14H19BrO/c1-10-6-11(2)13(8-15)14(7-10)16-9-12-4-3-5-12/h6-7,12H,3-5,8-9H2,1-2H3. The van der Waals surface area contributed by atoms with Crippen molar-refractivity contribution in [3.63, 3.8) is 0 Å². The van der Waals surface area contributed by atoms with Gasteiger partial charge in [-0.2, -0.15) is 0 Å². The van der Waals surface area contributed by atoms with Gasteiger partial charge in [0.15, 0.2) is 0 Å². The summed E-state index contributed by atoms with van der Waals surface area (Å²) in [6, 6.07) is 4.37. The van der Waals surface area contributed by atoms with Gasteiger partial charge in [-0.05, 0) is 49.8 Å². The number of hydrogen-bond acceptors (Lipinski definition) is 1. The van der Waals surface area contributed by atoms with E-state index in [1.54, 1.807) is 0 Å².